The Kier molecular flexibility index (Phi) is 6.91. The van der Waals surface area contributed by atoms with Crippen molar-refractivity contribution in [2.75, 3.05) is 21.3 Å². The highest BCUT2D eigenvalue weighted by atomic mass is 16.5. The summed E-state index contributed by atoms with van der Waals surface area (Å²) in [5.41, 5.74) is 2.79. The smallest absolute Gasteiger partial charge is 0.330 e. The second-order valence-electron chi connectivity index (χ2n) is 6.86. The maximum absolute atomic E-state index is 11.7. The quantitative estimate of drug-likeness (QED) is 0.297. The van der Waals surface area contributed by atoms with E-state index in [-0.39, 0.29) is 5.97 Å². The molecule has 0 atom stereocenters. The first-order valence-electron chi connectivity index (χ1n) is 9.73. The van der Waals surface area contributed by atoms with Crippen LogP contribution < -0.4 is 9.47 Å². The molecule has 0 N–H and O–H groups in total. The van der Waals surface area contributed by atoms with E-state index in [0.717, 1.165) is 28.2 Å². The monoisotopic (exact) mass is 402 g/mol. The summed E-state index contributed by atoms with van der Waals surface area (Å²) in [6.07, 6.45) is 3.92. The zero-order chi connectivity index (χ0) is 21.4. The summed E-state index contributed by atoms with van der Waals surface area (Å²) >= 11 is 0. The van der Waals surface area contributed by atoms with E-state index in [2.05, 4.69) is 36.4 Å². The van der Waals surface area contributed by atoms with Crippen LogP contribution in [-0.4, -0.2) is 27.3 Å². The van der Waals surface area contributed by atoms with Gasteiger partial charge in [-0.05, 0) is 47.4 Å². The first kappa shape index (κ1) is 21.2. The van der Waals surface area contributed by atoms with Gasteiger partial charge in [0.05, 0.1) is 21.3 Å². The lowest BCUT2D eigenvalue weighted by Crippen LogP contribution is -2.29. The van der Waals surface area contributed by atoms with Gasteiger partial charge in [0.25, 0.3) is 0 Å². The molecule has 0 amide bonds. The molecule has 154 valence electrons. The molecule has 4 nitrogen and oxygen atoms in total. The molecule has 3 aromatic carbocycles. The van der Waals surface area contributed by atoms with E-state index in [1.807, 2.05) is 48.5 Å². The predicted octanol–water partition coefficient (Wildman–Crippen LogP) is 5.16. The average Bonchev–Trinajstić information content (AvgIpc) is 2.82. The maximum Gasteiger partial charge on any atom is 0.330 e. The Morgan fingerprint density at radius 3 is 1.63 bits per heavy atom. The Morgan fingerprint density at radius 1 is 0.733 bits per heavy atom. The summed E-state index contributed by atoms with van der Waals surface area (Å²) in [5.74, 6) is 1.21. The SMILES string of the molecule is COC(=O)/C=C/CC(c1ccccc1)(c1ccc(OC)cc1)c1ccc(OC)cc1. The van der Waals surface area contributed by atoms with Crippen molar-refractivity contribution in [3.05, 3.63) is 108 Å². The number of rotatable bonds is 8. The molecule has 0 spiro atoms. The molecule has 3 rings (SSSR count). The van der Waals surface area contributed by atoms with Gasteiger partial charge < -0.3 is 14.2 Å². The lowest BCUT2D eigenvalue weighted by Gasteiger charge is -2.35. The van der Waals surface area contributed by atoms with Crippen LogP contribution in [0.15, 0.2) is 91.0 Å². The first-order valence-corrected chi connectivity index (χ1v) is 9.73. The molecule has 0 aliphatic carbocycles. The molecule has 0 aliphatic rings. The van der Waals surface area contributed by atoms with Crippen LogP contribution in [0, 0.1) is 0 Å². The summed E-state index contributed by atoms with van der Waals surface area (Å²) in [6, 6.07) is 26.4. The van der Waals surface area contributed by atoms with E-state index in [4.69, 9.17) is 14.2 Å². The average molecular weight is 402 g/mol. The highest BCUT2D eigenvalue weighted by Gasteiger charge is 2.35. The number of carbonyl (C=O) groups excluding carboxylic acids is 1. The van der Waals surface area contributed by atoms with Crippen molar-refractivity contribution in [1.82, 2.24) is 0 Å². The van der Waals surface area contributed by atoms with Crippen LogP contribution in [0.5, 0.6) is 11.5 Å². The van der Waals surface area contributed by atoms with E-state index >= 15 is 0 Å². The molecule has 30 heavy (non-hydrogen) atoms. The van der Waals surface area contributed by atoms with Crippen LogP contribution in [0.3, 0.4) is 0 Å². The topological polar surface area (TPSA) is 44.8 Å². The molecule has 0 bridgehead atoms. The molecule has 4 heteroatoms. The van der Waals surface area contributed by atoms with Crippen molar-refractivity contribution in [1.29, 1.82) is 0 Å². The highest BCUT2D eigenvalue weighted by Crippen LogP contribution is 2.43. The number of esters is 1. The third kappa shape index (κ3) is 4.38. The van der Waals surface area contributed by atoms with Crippen LogP contribution >= 0.6 is 0 Å². The van der Waals surface area contributed by atoms with Crippen LogP contribution in [0.1, 0.15) is 23.1 Å². The van der Waals surface area contributed by atoms with Crippen LogP contribution in [0.25, 0.3) is 0 Å². The van der Waals surface area contributed by atoms with Crippen molar-refractivity contribution in [2.24, 2.45) is 0 Å². The van der Waals surface area contributed by atoms with Gasteiger partial charge in [0.15, 0.2) is 0 Å². The van der Waals surface area contributed by atoms with E-state index in [9.17, 15) is 4.79 Å². The van der Waals surface area contributed by atoms with Gasteiger partial charge in [-0.15, -0.1) is 0 Å². The largest absolute Gasteiger partial charge is 0.497 e. The van der Waals surface area contributed by atoms with Crippen LogP contribution in [-0.2, 0) is 14.9 Å². The summed E-state index contributed by atoms with van der Waals surface area (Å²) < 4.78 is 15.5. The molecule has 0 heterocycles. The van der Waals surface area contributed by atoms with E-state index in [1.54, 1.807) is 14.2 Å². The summed E-state index contributed by atoms with van der Waals surface area (Å²) in [4.78, 5) is 11.7. The van der Waals surface area contributed by atoms with Gasteiger partial charge in [-0.2, -0.15) is 0 Å². The van der Waals surface area contributed by atoms with Gasteiger partial charge >= 0.3 is 5.97 Å². The van der Waals surface area contributed by atoms with E-state index < -0.39 is 5.41 Å². The number of ether oxygens (including phenoxy) is 3. The second-order valence-corrected chi connectivity index (χ2v) is 6.86. The molecule has 0 saturated heterocycles. The number of allylic oxidation sites excluding steroid dienone is 1. The molecule has 0 fully saturated rings. The predicted molar refractivity (Wildman–Crippen MR) is 118 cm³/mol. The first-order chi connectivity index (χ1) is 14.6. The number of benzene rings is 3. The third-order valence-electron chi connectivity index (χ3n) is 5.31. The fraction of sp³-hybridized carbons (Fsp3) is 0.192. The summed E-state index contributed by atoms with van der Waals surface area (Å²) in [5, 5.41) is 0. The molecule has 0 radical (unpaired) electrons. The molecule has 3 aromatic rings. The molecule has 0 saturated carbocycles. The minimum Gasteiger partial charge on any atom is -0.497 e. The zero-order valence-electron chi connectivity index (χ0n) is 17.5. The van der Waals surface area contributed by atoms with Gasteiger partial charge in [-0.3, -0.25) is 0 Å². The fourth-order valence-electron chi connectivity index (χ4n) is 3.73. The third-order valence-corrected chi connectivity index (χ3v) is 5.31. The minimum atomic E-state index is -0.510. The highest BCUT2D eigenvalue weighted by molar-refractivity contribution is 5.81. The molecular weight excluding hydrogens is 376 g/mol. The van der Waals surface area contributed by atoms with Gasteiger partial charge in [0.2, 0.25) is 0 Å². The fourth-order valence-corrected chi connectivity index (χ4v) is 3.73. The van der Waals surface area contributed by atoms with Gasteiger partial charge in [0, 0.05) is 11.5 Å². The number of carbonyl (C=O) groups is 1. The Balaban J connectivity index is 2.23. The number of methoxy groups -OCH3 is 3. The minimum absolute atomic E-state index is 0.374. The van der Waals surface area contributed by atoms with Crippen molar-refractivity contribution in [3.8, 4) is 11.5 Å². The summed E-state index contributed by atoms with van der Waals surface area (Å²) in [6.45, 7) is 0. The van der Waals surface area contributed by atoms with Crippen molar-refractivity contribution >= 4 is 5.97 Å². The van der Waals surface area contributed by atoms with Crippen molar-refractivity contribution in [3.63, 3.8) is 0 Å². The Morgan fingerprint density at radius 2 is 1.20 bits per heavy atom. The molecular formula is C26H26O4. The Bertz CT molecular complexity index is 926. The molecule has 0 unspecified atom stereocenters. The molecule has 0 aromatic heterocycles. The van der Waals surface area contributed by atoms with Crippen LogP contribution in [0.2, 0.25) is 0 Å². The van der Waals surface area contributed by atoms with Gasteiger partial charge in [0.1, 0.15) is 11.5 Å². The second kappa shape index (κ2) is 9.79. The van der Waals surface area contributed by atoms with E-state index in [0.29, 0.717) is 6.42 Å². The normalized spacial score (nSPS) is 11.3. The van der Waals surface area contributed by atoms with Gasteiger partial charge in [-0.1, -0.05) is 60.7 Å². The molecule has 0 aliphatic heterocycles. The Hall–Kier alpha value is -3.53. The lowest BCUT2D eigenvalue weighted by atomic mass is 9.67. The van der Waals surface area contributed by atoms with Crippen molar-refractivity contribution < 1.29 is 19.0 Å². The Labute approximate surface area is 177 Å². The maximum atomic E-state index is 11.7. The number of hydrogen-bond acceptors (Lipinski definition) is 4. The van der Waals surface area contributed by atoms with Crippen LogP contribution in [0.4, 0.5) is 0 Å². The van der Waals surface area contributed by atoms with Gasteiger partial charge in [-0.25, -0.2) is 4.79 Å². The standard InChI is InChI=1S/C26H26O4/c1-28-23-15-11-21(12-16-23)26(19-7-10-25(27)30-3,20-8-5-4-6-9-20)22-13-17-24(29-2)18-14-22/h4-18H,19H2,1-3H3/b10-7+. The van der Waals surface area contributed by atoms with E-state index in [1.165, 1.54) is 13.2 Å². The van der Waals surface area contributed by atoms with Crippen molar-refractivity contribution in [2.45, 2.75) is 11.8 Å². The summed E-state index contributed by atoms with van der Waals surface area (Å²) in [7, 11) is 4.69. The lowest BCUT2D eigenvalue weighted by molar-refractivity contribution is -0.134. The zero-order valence-corrected chi connectivity index (χ0v) is 17.5. The number of hydrogen-bond donors (Lipinski definition) is 0.